The highest BCUT2D eigenvalue weighted by Crippen LogP contribution is 2.26. The standard InChI is InChI=1S/C21H25N3O4/c1-2-27-17-9-11-18(12-10-17)28-15-21(26)23-22-20(25)14-24-13-5-7-16-6-3-4-8-19(16)24/h3-4,6,8-12H,2,5,7,13-15H2,1H3,(H,22,25)(H,23,26). The van der Waals surface area contributed by atoms with Crippen molar-refractivity contribution in [3.8, 4) is 11.5 Å². The van der Waals surface area contributed by atoms with Gasteiger partial charge in [-0.3, -0.25) is 20.4 Å². The minimum absolute atomic E-state index is 0.192. The number of carbonyl (C=O) groups excluding carboxylic acids is 2. The fourth-order valence-corrected chi connectivity index (χ4v) is 3.11. The Bertz CT molecular complexity index is 808. The number of nitrogens with zero attached hydrogens (tertiary/aromatic N) is 1. The van der Waals surface area contributed by atoms with E-state index >= 15 is 0 Å². The molecule has 2 N–H and O–H groups in total. The van der Waals surface area contributed by atoms with Gasteiger partial charge in [0.15, 0.2) is 6.61 Å². The molecule has 1 aliphatic rings. The van der Waals surface area contributed by atoms with Crippen LogP contribution in [0.15, 0.2) is 48.5 Å². The molecular weight excluding hydrogens is 358 g/mol. The zero-order valence-corrected chi connectivity index (χ0v) is 15.9. The summed E-state index contributed by atoms with van der Waals surface area (Å²) in [7, 11) is 0. The van der Waals surface area contributed by atoms with E-state index in [-0.39, 0.29) is 19.1 Å². The van der Waals surface area contributed by atoms with Crippen LogP contribution in [-0.2, 0) is 16.0 Å². The second-order valence-electron chi connectivity index (χ2n) is 6.44. The second-order valence-corrected chi connectivity index (χ2v) is 6.44. The lowest BCUT2D eigenvalue weighted by molar-refractivity contribution is -0.129. The van der Waals surface area contributed by atoms with Crippen molar-refractivity contribution in [2.24, 2.45) is 0 Å². The van der Waals surface area contributed by atoms with Crippen molar-refractivity contribution >= 4 is 17.5 Å². The second kappa shape index (κ2) is 9.64. The number of ether oxygens (including phenoxy) is 2. The first kappa shape index (κ1) is 19.5. The van der Waals surface area contributed by atoms with Crippen molar-refractivity contribution in [2.75, 3.05) is 31.2 Å². The van der Waals surface area contributed by atoms with Gasteiger partial charge >= 0.3 is 0 Å². The molecule has 3 rings (SSSR count). The number of hydrogen-bond donors (Lipinski definition) is 2. The van der Waals surface area contributed by atoms with E-state index in [1.165, 1.54) is 5.56 Å². The van der Waals surface area contributed by atoms with Crippen LogP contribution < -0.4 is 25.2 Å². The molecule has 2 aromatic rings. The molecule has 2 amide bonds. The molecule has 2 aromatic carbocycles. The first-order chi connectivity index (χ1) is 13.7. The molecule has 28 heavy (non-hydrogen) atoms. The van der Waals surface area contributed by atoms with Crippen LogP contribution in [0, 0.1) is 0 Å². The number of nitrogens with one attached hydrogen (secondary N) is 2. The third kappa shape index (κ3) is 5.39. The highest BCUT2D eigenvalue weighted by atomic mass is 16.5. The van der Waals surface area contributed by atoms with E-state index in [1.807, 2.05) is 30.0 Å². The maximum Gasteiger partial charge on any atom is 0.276 e. The van der Waals surface area contributed by atoms with Gasteiger partial charge in [-0.05, 0) is 55.7 Å². The maximum atomic E-state index is 12.2. The molecule has 0 aliphatic carbocycles. The third-order valence-corrected chi connectivity index (χ3v) is 4.39. The van der Waals surface area contributed by atoms with Gasteiger partial charge in [0.25, 0.3) is 11.8 Å². The summed E-state index contributed by atoms with van der Waals surface area (Å²) in [6, 6.07) is 15.1. The number of fused-ring (bicyclic) bond motifs is 1. The molecule has 0 fully saturated rings. The smallest absolute Gasteiger partial charge is 0.276 e. The van der Waals surface area contributed by atoms with Gasteiger partial charge in [-0.1, -0.05) is 18.2 Å². The van der Waals surface area contributed by atoms with Crippen molar-refractivity contribution in [3.05, 3.63) is 54.1 Å². The van der Waals surface area contributed by atoms with E-state index in [9.17, 15) is 9.59 Å². The van der Waals surface area contributed by atoms with E-state index in [4.69, 9.17) is 9.47 Å². The number of para-hydroxylation sites is 1. The van der Waals surface area contributed by atoms with Gasteiger partial charge < -0.3 is 14.4 Å². The Morgan fingerprint density at radius 2 is 1.64 bits per heavy atom. The quantitative estimate of drug-likeness (QED) is 0.716. The molecule has 0 spiro atoms. The molecule has 0 saturated heterocycles. The number of aryl methyl sites for hydroxylation is 1. The normalized spacial score (nSPS) is 12.7. The lowest BCUT2D eigenvalue weighted by Gasteiger charge is -2.30. The Labute approximate surface area is 164 Å². The number of amides is 2. The summed E-state index contributed by atoms with van der Waals surface area (Å²) in [4.78, 5) is 26.1. The highest BCUT2D eigenvalue weighted by Gasteiger charge is 2.18. The van der Waals surface area contributed by atoms with Crippen LogP contribution in [0.4, 0.5) is 5.69 Å². The summed E-state index contributed by atoms with van der Waals surface area (Å²) in [5.74, 6) is 0.591. The predicted octanol–water partition coefficient (Wildman–Crippen LogP) is 2.06. The molecule has 0 radical (unpaired) electrons. The Morgan fingerprint density at radius 3 is 2.39 bits per heavy atom. The van der Waals surface area contributed by atoms with Crippen molar-refractivity contribution in [2.45, 2.75) is 19.8 Å². The SMILES string of the molecule is CCOc1ccc(OCC(=O)NNC(=O)CN2CCCc3ccccc32)cc1. The predicted molar refractivity (Wildman–Crippen MR) is 106 cm³/mol. The summed E-state index contributed by atoms with van der Waals surface area (Å²) >= 11 is 0. The van der Waals surface area contributed by atoms with Gasteiger partial charge in [0.05, 0.1) is 13.2 Å². The number of hydrazine groups is 1. The lowest BCUT2D eigenvalue weighted by atomic mass is 10.0. The fourth-order valence-electron chi connectivity index (χ4n) is 3.11. The summed E-state index contributed by atoms with van der Waals surface area (Å²) < 4.78 is 10.7. The number of rotatable bonds is 7. The number of benzene rings is 2. The van der Waals surface area contributed by atoms with E-state index in [0.717, 1.165) is 30.8 Å². The molecule has 0 bridgehead atoms. The molecule has 7 heteroatoms. The summed E-state index contributed by atoms with van der Waals surface area (Å²) in [5.41, 5.74) is 7.15. The Kier molecular flexibility index (Phi) is 6.73. The van der Waals surface area contributed by atoms with Crippen LogP contribution in [0.2, 0.25) is 0 Å². The molecular formula is C21H25N3O4. The minimum atomic E-state index is -0.429. The summed E-state index contributed by atoms with van der Waals surface area (Å²) in [6.45, 7) is 3.31. The van der Waals surface area contributed by atoms with Crippen LogP contribution >= 0.6 is 0 Å². The van der Waals surface area contributed by atoms with Gasteiger partial charge in [-0.2, -0.15) is 0 Å². The van der Waals surface area contributed by atoms with Gasteiger partial charge in [-0.25, -0.2) is 0 Å². The van der Waals surface area contributed by atoms with Crippen molar-refractivity contribution in [1.82, 2.24) is 10.9 Å². The van der Waals surface area contributed by atoms with E-state index in [2.05, 4.69) is 16.9 Å². The van der Waals surface area contributed by atoms with Gasteiger partial charge in [-0.15, -0.1) is 0 Å². The largest absolute Gasteiger partial charge is 0.494 e. The van der Waals surface area contributed by atoms with Gasteiger partial charge in [0.2, 0.25) is 0 Å². The van der Waals surface area contributed by atoms with Crippen molar-refractivity contribution < 1.29 is 19.1 Å². The highest BCUT2D eigenvalue weighted by molar-refractivity contribution is 5.85. The number of hydrogen-bond acceptors (Lipinski definition) is 5. The van der Waals surface area contributed by atoms with E-state index in [0.29, 0.717) is 12.4 Å². The molecule has 0 saturated carbocycles. The Hall–Kier alpha value is -3.22. The summed E-state index contributed by atoms with van der Waals surface area (Å²) in [6.07, 6.45) is 2.03. The van der Waals surface area contributed by atoms with Crippen molar-refractivity contribution in [3.63, 3.8) is 0 Å². The molecule has 0 aromatic heterocycles. The fraction of sp³-hybridized carbons (Fsp3) is 0.333. The van der Waals surface area contributed by atoms with Gasteiger partial charge in [0.1, 0.15) is 11.5 Å². The molecule has 1 aliphatic heterocycles. The molecule has 1 heterocycles. The van der Waals surface area contributed by atoms with E-state index < -0.39 is 5.91 Å². The van der Waals surface area contributed by atoms with Crippen LogP contribution in [0.3, 0.4) is 0 Å². The molecule has 148 valence electrons. The van der Waals surface area contributed by atoms with Crippen LogP contribution in [0.5, 0.6) is 11.5 Å². The zero-order valence-electron chi connectivity index (χ0n) is 15.9. The molecule has 0 atom stereocenters. The van der Waals surface area contributed by atoms with Gasteiger partial charge in [0, 0.05) is 12.2 Å². The zero-order chi connectivity index (χ0) is 19.8. The summed E-state index contributed by atoms with van der Waals surface area (Å²) in [5, 5.41) is 0. The van der Waals surface area contributed by atoms with Crippen molar-refractivity contribution in [1.29, 1.82) is 0 Å². The number of anilines is 1. The van der Waals surface area contributed by atoms with Crippen LogP contribution in [-0.4, -0.2) is 38.1 Å². The first-order valence-corrected chi connectivity index (χ1v) is 9.42. The Morgan fingerprint density at radius 1 is 0.964 bits per heavy atom. The Balaban J connectivity index is 1.40. The van der Waals surface area contributed by atoms with Crippen LogP contribution in [0.25, 0.3) is 0 Å². The van der Waals surface area contributed by atoms with E-state index in [1.54, 1.807) is 24.3 Å². The monoisotopic (exact) mass is 383 g/mol. The first-order valence-electron chi connectivity index (χ1n) is 9.42. The minimum Gasteiger partial charge on any atom is -0.494 e. The molecule has 0 unspecified atom stereocenters. The maximum absolute atomic E-state index is 12.2. The lowest BCUT2D eigenvalue weighted by Crippen LogP contribution is -2.48. The molecule has 7 nitrogen and oxygen atoms in total. The van der Waals surface area contributed by atoms with Crippen LogP contribution in [0.1, 0.15) is 18.9 Å². The number of carbonyl (C=O) groups is 2. The third-order valence-electron chi connectivity index (χ3n) is 4.39. The topological polar surface area (TPSA) is 79.9 Å². The average Bonchev–Trinajstić information content (AvgIpc) is 2.72. The average molecular weight is 383 g/mol.